The van der Waals surface area contributed by atoms with E-state index >= 15 is 0 Å². The molecule has 0 fully saturated rings. The number of hydrogen-bond acceptors (Lipinski definition) is 4. The minimum absolute atomic E-state index is 0.0267. The molecule has 2 unspecified atom stereocenters. The number of carbonyl (C=O) groups is 1. The highest BCUT2D eigenvalue weighted by Crippen LogP contribution is 2.29. The lowest BCUT2D eigenvalue weighted by atomic mass is 9.81. The van der Waals surface area contributed by atoms with Crippen molar-refractivity contribution >= 4 is 11.6 Å². The van der Waals surface area contributed by atoms with E-state index in [1.807, 2.05) is 25.2 Å². The average Bonchev–Trinajstić information content (AvgIpc) is 2.19. The number of Topliss-reactive ketones (excluding diaryl/α,β-unsaturated/α-hetero) is 1. The first-order chi connectivity index (χ1) is 7.52. The Morgan fingerprint density at radius 2 is 2.19 bits per heavy atom. The van der Waals surface area contributed by atoms with Gasteiger partial charge < -0.3 is 11.5 Å². The van der Waals surface area contributed by atoms with Crippen molar-refractivity contribution in [2.75, 3.05) is 0 Å². The van der Waals surface area contributed by atoms with Gasteiger partial charge in [0.15, 0.2) is 5.78 Å². The van der Waals surface area contributed by atoms with Gasteiger partial charge >= 0.3 is 0 Å². The summed E-state index contributed by atoms with van der Waals surface area (Å²) >= 11 is 0. The van der Waals surface area contributed by atoms with Crippen LogP contribution in [0.4, 0.5) is 0 Å². The molecule has 0 spiro atoms. The molecule has 1 aliphatic carbocycles. The van der Waals surface area contributed by atoms with Crippen LogP contribution in [-0.2, 0) is 4.79 Å². The summed E-state index contributed by atoms with van der Waals surface area (Å²) in [7, 11) is 0. The van der Waals surface area contributed by atoms with Gasteiger partial charge in [-0.1, -0.05) is 18.2 Å². The van der Waals surface area contributed by atoms with Crippen molar-refractivity contribution in [1.29, 1.82) is 0 Å². The average molecular weight is 217 g/mol. The number of nitrogens with zero attached hydrogens (tertiary/aromatic N) is 1. The Kier molecular flexibility index (Phi) is 2.42. The first kappa shape index (κ1) is 10.7. The third kappa shape index (κ3) is 1.46. The van der Waals surface area contributed by atoms with Crippen LogP contribution in [0.1, 0.15) is 13.8 Å². The smallest absolute Gasteiger partial charge is 0.177 e. The zero-order chi connectivity index (χ0) is 11.9. The molecule has 4 N–H and O–H groups in total. The van der Waals surface area contributed by atoms with Crippen LogP contribution < -0.4 is 11.5 Å². The zero-order valence-electron chi connectivity index (χ0n) is 9.40. The maximum atomic E-state index is 12.2. The summed E-state index contributed by atoms with van der Waals surface area (Å²) in [4.78, 5) is 16.5. The van der Waals surface area contributed by atoms with Crippen LogP contribution in [0.25, 0.3) is 0 Å². The summed E-state index contributed by atoms with van der Waals surface area (Å²) in [6.45, 7) is 3.63. The lowest BCUT2D eigenvalue weighted by molar-refractivity contribution is -0.118. The van der Waals surface area contributed by atoms with Crippen LogP contribution in [0.2, 0.25) is 0 Å². The van der Waals surface area contributed by atoms with Crippen molar-refractivity contribution in [3.63, 3.8) is 0 Å². The van der Waals surface area contributed by atoms with E-state index in [1.54, 1.807) is 6.92 Å². The van der Waals surface area contributed by atoms with Gasteiger partial charge in [0.25, 0.3) is 0 Å². The number of nitrogens with two attached hydrogens (primary N) is 2. The molecule has 2 aliphatic rings. The quantitative estimate of drug-likeness (QED) is 0.585. The van der Waals surface area contributed by atoms with Gasteiger partial charge in [0.2, 0.25) is 0 Å². The van der Waals surface area contributed by atoms with Crippen molar-refractivity contribution in [2.45, 2.75) is 19.9 Å². The number of hydrogen-bond donors (Lipinski definition) is 2. The van der Waals surface area contributed by atoms with Gasteiger partial charge in [0, 0.05) is 5.70 Å². The largest absolute Gasteiger partial charge is 0.402 e. The molecule has 84 valence electrons. The molecule has 0 bridgehead atoms. The molecular formula is C12H15N3O. The Labute approximate surface area is 94.4 Å². The molecule has 0 aromatic carbocycles. The molecule has 0 aromatic heterocycles. The van der Waals surface area contributed by atoms with Gasteiger partial charge in [-0.25, -0.2) is 0 Å². The number of carbonyl (C=O) groups excluding carboxylic acids is 1. The van der Waals surface area contributed by atoms with Crippen molar-refractivity contribution in [2.24, 2.45) is 22.4 Å². The van der Waals surface area contributed by atoms with Gasteiger partial charge in [-0.05, 0) is 19.4 Å². The first-order valence-electron chi connectivity index (χ1n) is 5.21. The summed E-state index contributed by atoms with van der Waals surface area (Å²) < 4.78 is 0. The van der Waals surface area contributed by atoms with Crippen molar-refractivity contribution in [1.82, 2.24) is 0 Å². The van der Waals surface area contributed by atoms with Gasteiger partial charge in [-0.2, -0.15) is 0 Å². The molecule has 2 rings (SSSR count). The Morgan fingerprint density at radius 1 is 1.50 bits per heavy atom. The summed E-state index contributed by atoms with van der Waals surface area (Å²) in [5.74, 6) is -0.0127. The number of amidine groups is 1. The molecule has 4 nitrogen and oxygen atoms in total. The van der Waals surface area contributed by atoms with E-state index in [2.05, 4.69) is 4.99 Å². The summed E-state index contributed by atoms with van der Waals surface area (Å²) in [6.07, 6.45) is 5.70. The lowest BCUT2D eigenvalue weighted by Gasteiger charge is -2.29. The van der Waals surface area contributed by atoms with Gasteiger partial charge in [-0.15, -0.1) is 0 Å². The molecule has 0 radical (unpaired) electrons. The molecule has 1 aliphatic heterocycles. The van der Waals surface area contributed by atoms with Crippen LogP contribution in [0.3, 0.4) is 0 Å². The van der Waals surface area contributed by atoms with E-state index in [1.165, 1.54) is 0 Å². The van der Waals surface area contributed by atoms with E-state index < -0.39 is 0 Å². The molecule has 0 amide bonds. The fraction of sp³-hybridized carbons (Fsp3) is 0.333. The van der Waals surface area contributed by atoms with Crippen LogP contribution in [0.15, 0.2) is 40.1 Å². The predicted molar refractivity (Wildman–Crippen MR) is 63.7 cm³/mol. The number of allylic oxidation sites excluding steroid dienone is 3. The fourth-order valence-electron chi connectivity index (χ4n) is 2.13. The van der Waals surface area contributed by atoms with Crippen LogP contribution in [0.5, 0.6) is 0 Å². The van der Waals surface area contributed by atoms with Crippen molar-refractivity contribution in [3.05, 3.63) is 35.1 Å². The summed E-state index contributed by atoms with van der Waals surface area (Å²) in [5.41, 5.74) is 13.3. The number of ketones is 1. The topological polar surface area (TPSA) is 81.5 Å². The van der Waals surface area contributed by atoms with Crippen molar-refractivity contribution in [3.8, 4) is 0 Å². The Morgan fingerprint density at radius 3 is 2.81 bits per heavy atom. The molecular weight excluding hydrogens is 202 g/mol. The zero-order valence-corrected chi connectivity index (χ0v) is 9.40. The van der Waals surface area contributed by atoms with Gasteiger partial charge in [-0.3, -0.25) is 9.79 Å². The second-order valence-electron chi connectivity index (χ2n) is 4.20. The predicted octanol–water partition coefficient (Wildman–Crippen LogP) is 0.660. The van der Waals surface area contributed by atoms with E-state index in [0.717, 1.165) is 5.57 Å². The molecule has 4 heteroatoms. The molecule has 16 heavy (non-hydrogen) atoms. The van der Waals surface area contributed by atoms with E-state index in [-0.39, 0.29) is 23.6 Å². The maximum absolute atomic E-state index is 12.2. The first-order valence-corrected chi connectivity index (χ1v) is 5.21. The second kappa shape index (κ2) is 3.63. The minimum Gasteiger partial charge on any atom is -0.402 e. The molecule has 0 saturated heterocycles. The number of rotatable bonds is 0. The minimum atomic E-state index is -0.245. The number of aliphatic imine (C=N–C) groups is 1. The summed E-state index contributed by atoms with van der Waals surface area (Å²) in [6, 6.07) is -0.152. The van der Waals surface area contributed by atoms with E-state index in [9.17, 15) is 4.79 Å². The summed E-state index contributed by atoms with van der Waals surface area (Å²) in [5, 5.41) is 0. The third-order valence-electron chi connectivity index (χ3n) is 2.96. The highest BCUT2D eigenvalue weighted by Gasteiger charge is 2.36. The van der Waals surface area contributed by atoms with Gasteiger partial charge in [0.05, 0.1) is 17.5 Å². The Bertz CT molecular complexity index is 465. The SMILES string of the molecule is CC1=CC=CC2C(=O)C(=C(C)N)C(N)=NC12. The molecule has 0 aromatic rings. The van der Waals surface area contributed by atoms with Gasteiger partial charge in [0.1, 0.15) is 5.84 Å². The van der Waals surface area contributed by atoms with E-state index in [0.29, 0.717) is 11.3 Å². The maximum Gasteiger partial charge on any atom is 0.177 e. The normalized spacial score (nSPS) is 31.8. The Balaban J connectivity index is 2.54. The highest BCUT2D eigenvalue weighted by atomic mass is 16.1. The molecule has 1 heterocycles. The van der Waals surface area contributed by atoms with Crippen LogP contribution >= 0.6 is 0 Å². The molecule has 0 saturated carbocycles. The highest BCUT2D eigenvalue weighted by molar-refractivity contribution is 6.24. The Hall–Kier alpha value is -1.84. The van der Waals surface area contributed by atoms with E-state index in [4.69, 9.17) is 11.5 Å². The second-order valence-corrected chi connectivity index (χ2v) is 4.20. The van der Waals surface area contributed by atoms with Crippen LogP contribution in [0, 0.1) is 5.92 Å². The van der Waals surface area contributed by atoms with Crippen molar-refractivity contribution < 1.29 is 4.79 Å². The lowest BCUT2D eigenvalue weighted by Crippen LogP contribution is -2.40. The third-order valence-corrected chi connectivity index (χ3v) is 2.96. The standard InChI is InChI=1S/C12H15N3O/c1-6-4-3-5-8-10(6)15-12(14)9(7(2)13)11(8)16/h3-5,8,10H,13H2,1-2H3,(H2,14,15). The van der Waals surface area contributed by atoms with Crippen LogP contribution in [-0.4, -0.2) is 17.7 Å². The molecule has 2 atom stereocenters. The monoisotopic (exact) mass is 217 g/mol. The number of fused-ring (bicyclic) bond motifs is 1. The fourth-order valence-corrected chi connectivity index (χ4v) is 2.13.